The number of carbonyl (C=O) groups excluding carboxylic acids is 2. The molecule has 5 nitrogen and oxygen atoms in total. The molecule has 2 amide bonds. The first-order chi connectivity index (χ1) is 8.39. The highest BCUT2D eigenvalue weighted by atomic mass is 16.2. The van der Waals surface area contributed by atoms with Crippen molar-refractivity contribution >= 4 is 11.8 Å². The van der Waals surface area contributed by atoms with Crippen LogP contribution in [0.15, 0.2) is 0 Å². The average molecular weight is 255 g/mol. The molecule has 1 rings (SSSR count). The van der Waals surface area contributed by atoms with Crippen LogP contribution in [-0.4, -0.2) is 37.5 Å². The van der Waals surface area contributed by atoms with Crippen molar-refractivity contribution < 1.29 is 9.59 Å². The third kappa shape index (κ3) is 5.49. The van der Waals surface area contributed by atoms with Gasteiger partial charge in [0, 0.05) is 31.0 Å². The van der Waals surface area contributed by atoms with Crippen LogP contribution in [0.2, 0.25) is 0 Å². The molecule has 1 unspecified atom stereocenters. The smallest absolute Gasteiger partial charge is 0.225 e. The van der Waals surface area contributed by atoms with Gasteiger partial charge in [-0.05, 0) is 19.4 Å². The minimum absolute atomic E-state index is 0.0305. The van der Waals surface area contributed by atoms with E-state index in [0.29, 0.717) is 19.4 Å². The van der Waals surface area contributed by atoms with E-state index < -0.39 is 0 Å². The minimum atomic E-state index is -0.363. The van der Waals surface area contributed by atoms with Crippen molar-refractivity contribution in [2.45, 2.75) is 46.1 Å². The van der Waals surface area contributed by atoms with Crippen LogP contribution in [-0.2, 0) is 9.59 Å². The lowest BCUT2D eigenvalue weighted by Crippen LogP contribution is -2.37. The standard InChI is InChI=1S/C13H25N3O2/c1-13(2,3)12(18)15-7-4-5-11(17)16-10-6-8-14-9-10/h10,14H,4-9H2,1-3H3,(H,15,18)(H,16,17). The van der Waals surface area contributed by atoms with Crippen molar-refractivity contribution in [2.24, 2.45) is 5.41 Å². The zero-order chi connectivity index (χ0) is 13.6. The molecule has 0 saturated carbocycles. The number of amides is 2. The van der Waals surface area contributed by atoms with Crippen LogP contribution in [0.5, 0.6) is 0 Å². The Labute approximate surface area is 109 Å². The van der Waals surface area contributed by atoms with Crippen molar-refractivity contribution in [3.8, 4) is 0 Å². The Morgan fingerprint density at radius 2 is 2.06 bits per heavy atom. The quantitative estimate of drug-likeness (QED) is 0.623. The van der Waals surface area contributed by atoms with E-state index in [0.717, 1.165) is 19.5 Å². The molecular weight excluding hydrogens is 230 g/mol. The summed E-state index contributed by atoms with van der Waals surface area (Å²) < 4.78 is 0. The van der Waals surface area contributed by atoms with Crippen molar-refractivity contribution in [1.29, 1.82) is 0 Å². The molecule has 0 aliphatic carbocycles. The topological polar surface area (TPSA) is 70.2 Å². The van der Waals surface area contributed by atoms with Gasteiger partial charge in [0.15, 0.2) is 0 Å². The summed E-state index contributed by atoms with van der Waals surface area (Å²) in [5.41, 5.74) is -0.363. The third-order valence-corrected chi connectivity index (χ3v) is 2.97. The molecule has 1 saturated heterocycles. The molecule has 1 heterocycles. The lowest BCUT2D eigenvalue weighted by Gasteiger charge is -2.17. The summed E-state index contributed by atoms with van der Waals surface area (Å²) in [4.78, 5) is 23.2. The molecule has 18 heavy (non-hydrogen) atoms. The maximum absolute atomic E-state index is 11.6. The van der Waals surface area contributed by atoms with E-state index in [2.05, 4.69) is 16.0 Å². The van der Waals surface area contributed by atoms with E-state index in [1.807, 2.05) is 20.8 Å². The van der Waals surface area contributed by atoms with Crippen LogP contribution < -0.4 is 16.0 Å². The minimum Gasteiger partial charge on any atom is -0.356 e. The Hall–Kier alpha value is -1.10. The molecule has 1 fully saturated rings. The first-order valence-corrected chi connectivity index (χ1v) is 6.68. The second-order valence-electron chi connectivity index (χ2n) is 5.87. The zero-order valence-corrected chi connectivity index (χ0v) is 11.6. The SMILES string of the molecule is CC(C)(C)C(=O)NCCCC(=O)NC1CCNC1. The van der Waals surface area contributed by atoms with E-state index in [4.69, 9.17) is 0 Å². The molecule has 3 N–H and O–H groups in total. The van der Waals surface area contributed by atoms with Crippen LogP contribution in [0.4, 0.5) is 0 Å². The van der Waals surface area contributed by atoms with Crippen molar-refractivity contribution in [3.63, 3.8) is 0 Å². The van der Waals surface area contributed by atoms with E-state index in [9.17, 15) is 9.59 Å². The van der Waals surface area contributed by atoms with Gasteiger partial charge in [0.1, 0.15) is 0 Å². The van der Waals surface area contributed by atoms with Crippen LogP contribution in [0, 0.1) is 5.41 Å². The summed E-state index contributed by atoms with van der Waals surface area (Å²) in [6.07, 6.45) is 2.17. The van der Waals surface area contributed by atoms with Gasteiger partial charge in [-0.15, -0.1) is 0 Å². The van der Waals surface area contributed by atoms with E-state index in [-0.39, 0.29) is 23.3 Å². The first kappa shape index (κ1) is 15.0. The van der Waals surface area contributed by atoms with Gasteiger partial charge in [0.05, 0.1) is 0 Å². The van der Waals surface area contributed by atoms with Crippen molar-refractivity contribution in [3.05, 3.63) is 0 Å². The molecule has 0 bridgehead atoms. The van der Waals surface area contributed by atoms with E-state index in [1.54, 1.807) is 0 Å². The third-order valence-electron chi connectivity index (χ3n) is 2.97. The van der Waals surface area contributed by atoms with E-state index >= 15 is 0 Å². The average Bonchev–Trinajstić information content (AvgIpc) is 2.75. The molecule has 0 aromatic rings. The molecule has 0 radical (unpaired) electrons. The zero-order valence-electron chi connectivity index (χ0n) is 11.6. The van der Waals surface area contributed by atoms with Gasteiger partial charge < -0.3 is 16.0 Å². The van der Waals surface area contributed by atoms with Gasteiger partial charge in [0.25, 0.3) is 0 Å². The molecule has 1 aliphatic rings. The van der Waals surface area contributed by atoms with Gasteiger partial charge in [-0.25, -0.2) is 0 Å². The maximum Gasteiger partial charge on any atom is 0.225 e. The predicted molar refractivity (Wildman–Crippen MR) is 71.1 cm³/mol. The fourth-order valence-electron chi connectivity index (χ4n) is 1.79. The Bertz CT molecular complexity index is 291. The number of carbonyl (C=O) groups is 2. The second kappa shape index (κ2) is 6.73. The number of rotatable bonds is 5. The molecule has 1 aliphatic heterocycles. The summed E-state index contributed by atoms with van der Waals surface area (Å²) in [5.74, 6) is 0.108. The Morgan fingerprint density at radius 3 is 2.61 bits per heavy atom. The molecule has 1 atom stereocenters. The highest BCUT2D eigenvalue weighted by Gasteiger charge is 2.20. The maximum atomic E-state index is 11.6. The van der Waals surface area contributed by atoms with E-state index in [1.165, 1.54) is 0 Å². The van der Waals surface area contributed by atoms with Crippen molar-refractivity contribution in [1.82, 2.24) is 16.0 Å². The molecule has 5 heteroatoms. The first-order valence-electron chi connectivity index (χ1n) is 6.68. The van der Waals surface area contributed by atoms with Gasteiger partial charge in [-0.1, -0.05) is 20.8 Å². The lowest BCUT2D eigenvalue weighted by molar-refractivity contribution is -0.128. The number of hydrogen-bond donors (Lipinski definition) is 3. The van der Waals surface area contributed by atoms with Crippen molar-refractivity contribution in [2.75, 3.05) is 19.6 Å². The summed E-state index contributed by atoms with van der Waals surface area (Å²) in [7, 11) is 0. The Kier molecular flexibility index (Phi) is 5.59. The normalized spacial score (nSPS) is 19.6. The molecule has 0 aromatic carbocycles. The number of nitrogens with one attached hydrogen (secondary N) is 3. The van der Waals surface area contributed by atoms with Gasteiger partial charge in [0.2, 0.25) is 11.8 Å². The Balaban J connectivity index is 2.07. The summed E-state index contributed by atoms with van der Waals surface area (Å²) in [6.45, 7) is 8.04. The highest BCUT2D eigenvalue weighted by molar-refractivity contribution is 5.81. The second-order valence-corrected chi connectivity index (χ2v) is 5.87. The largest absolute Gasteiger partial charge is 0.356 e. The van der Waals surface area contributed by atoms with Gasteiger partial charge in [-0.2, -0.15) is 0 Å². The summed E-state index contributed by atoms with van der Waals surface area (Å²) in [5, 5.41) is 9.03. The monoisotopic (exact) mass is 255 g/mol. The fraction of sp³-hybridized carbons (Fsp3) is 0.846. The summed E-state index contributed by atoms with van der Waals surface area (Å²) in [6, 6.07) is 0.279. The molecule has 104 valence electrons. The van der Waals surface area contributed by atoms with Crippen LogP contribution in [0.25, 0.3) is 0 Å². The van der Waals surface area contributed by atoms with Crippen LogP contribution in [0.3, 0.4) is 0 Å². The molecule has 0 spiro atoms. The fourth-order valence-corrected chi connectivity index (χ4v) is 1.79. The number of hydrogen-bond acceptors (Lipinski definition) is 3. The molecular formula is C13H25N3O2. The molecule has 0 aromatic heterocycles. The highest BCUT2D eigenvalue weighted by Crippen LogP contribution is 2.12. The van der Waals surface area contributed by atoms with Crippen LogP contribution in [0.1, 0.15) is 40.0 Å². The summed E-state index contributed by atoms with van der Waals surface area (Å²) >= 11 is 0. The predicted octanol–water partition coefficient (Wildman–Crippen LogP) is 0.407. The van der Waals surface area contributed by atoms with Gasteiger partial charge >= 0.3 is 0 Å². The Morgan fingerprint density at radius 1 is 1.33 bits per heavy atom. The lowest BCUT2D eigenvalue weighted by atomic mass is 9.96. The van der Waals surface area contributed by atoms with Crippen LogP contribution >= 0.6 is 0 Å². The van der Waals surface area contributed by atoms with Gasteiger partial charge in [-0.3, -0.25) is 9.59 Å².